The van der Waals surface area contributed by atoms with Crippen LogP contribution in [0.25, 0.3) is 12.2 Å². The number of nitrogens with one attached hydrogen (secondary N) is 1. The third-order valence-electron chi connectivity index (χ3n) is 6.65. The molecule has 1 fully saturated rings. The predicted octanol–water partition coefficient (Wildman–Crippen LogP) is 5.49. The van der Waals surface area contributed by atoms with E-state index in [1.165, 1.54) is 5.06 Å². The van der Waals surface area contributed by atoms with Gasteiger partial charge in [-0.1, -0.05) is 18.2 Å². The minimum absolute atomic E-state index is 0.0895. The fraction of sp³-hybridized carbons (Fsp3) is 0.464. The minimum atomic E-state index is -0.515. The van der Waals surface area contributed by atoms with Crippen molar-refractivity contribution < 1.29 is 28.9 Å². The molecule has 1 saturated heterocycles. The number of ether oxygens (including phenoxy) is 4. The number of amides is 1. The minimum Gasteiger partial charge on any atom is -0.495 e. The number of hydrogen-bond acceptors (Lipinski definition) is 7. The SMILES string of the molecule is COc1ccc(/C=C\c2cc(OC)c(OC)c(OC)c2)cc1NC(=O)C1CC(C)(C)N(O)C(C)(C)C1. The molecule has 36 heavy (non-hydrogen) atoms. The summed E-state index contributed by atoms with van der Waals surface area (Å²) in [4.78, 5) is 13.3. The summed E-state index contributed by atoms with van der Waals surface area (Å²) in [6, 6.07) is 9.35. The second-order valence-electron chi connectivity index (χ2n) is 10.3. The lowest BCUT2D eigenvalue weighted by Crippen LogP contribution is -2.60. The first kappa shape index (κ1) is 27.4. The van der Waals surface area contributed by atoms with Crippen LogP contribution in [0.5, 0.6) is 23.0 Å². The number of methoxy groups -OCH3 is 4. The van der Waals surface area contributed by atoms with Crippen LogP contribution in [0.4, 0.5) is 5.69 Å². The zero-order chi connectivity index (χ0) is 26.7. The van der Waals surface area contributed by atoms with Gasteiger partial charge in [0.05, 0.1) is 34.1 Å². The lowest BCUT2D eigenvalue weighted by atomic mass is 9.75. The molecular weight excluding hydrogens is 460 g/mol. The summed E-state index contributed by atoms with van der Waals surface area (Å²) >= 11 is 0. The van der Waals surface area contributed by atoms with Crippen molar-refractivity contribution in [3.63, 3.8) is 0 Å². The fourth-order valence-corrected chi connectivity index (χ4v) is 5.01. The zero-order valence-electron chi connectivity index (χ0n) is 22.5. The third-order valence-corrected chi connectivity index (χ3v) is 6.65. The van der Waals surface area contributed by atoms with Crippen molar-refractivity contribution in [1.29, 1.82) is 0 Å². The molecule has 0 atom stereocenters. The van der Waals surface area contributed by atoms with E-state index in [0.29, 0.717) is 41.5 Å². The van der Waals surface area contributed by atoms with Crippen LogP contribution in [0.1, 0.15) is 51.7 Å². The highest BCUT2D eigenvalue weighted by atomic mass is 16.5. The molecule has 0 saturated carbocycles. The Balaban J connectivity index is 1.85. The van der Waals surface area contributed by atoms with Crippen molar-refractivity contribution in [2.45, 2.75) is 51.6 Å². The van der Waals surface area contributed by atoms with Gasteiger partial charge in [0.25, 0.3) is 0 Å². The van der Waals surface area contributed by atoms with Crippen LogP contribution < -0.4 is 24.3 Å². The smallest absolute Gasteiger partial charge is 0.227 e. The summed E-state index contributed by atoms with van der Waals surface area (Å²) in [6.07, 6.45) is 4.95. The van der Waals surface area contributed by atoms with Gasteiger partial charge in [-0.15, -0.1) is 0 Å². The van der Waals surface area contributed by atoms with E-state index in [0.717, 1.165) is 11.1 Å². The Kier molecular flexibility index (Phi) is 8.21. The summed E-state index contributed by atoms with van der Waals surface area (Å²) in [5.41, 5.74) is 1.31. The maximum Gasteiger partial charge on any atom is 0.227 e. The normalized spacial score (nSPS) is 17.6. The van der Waals surface area contributed by atoms with E-state index < -0.39 is 11.1 Å². The van der Waals surface area contributed by atoms with Crippen molar-refractivity contribution in [2.75, 3.05) is 33.8 Å². The van der Waals surface area contributed by atoms with Gasteiger partial charge in [-0.25, -0.2) is 0 Å². The van der Waals surface area contributed by atoms with Crippen molar-refractivity contribution in [2.24, 2.45) is 5.92 Å². The van der Waals surface area contributed by atoms with E-state index in [2.05, 4.69) is 5.32 Å². The van der Waals surface area contributed by atoms with E-state index >= 15 is 0 Å². The first-order valence-corrected chi connectivity index (χ1v) is 11.9. The fourth-order valence-electron chi connectivity index (χ4n) is 5.01. The highest BCUT2D eigenvalue weighted by Crippen LogP contribution is 2.41. The lowest BCUT2D eigenvalue weighted by molar-refractivity contribution is -0.249. The molecule has 1 amide bonds. The molecule has 1 aliphatic rings. The van der Waals surface area contributed by atoms with E-state index in [1.54, 1.807) is 28.4 Å². The number of carbonyl (C=O) groups excluding carboxylic acids is 1. The molecule has 0 unspecified atom stereocenters. The number of piperidine rings is 1. The molecule has 2 aromatic rings. The predicted molar refractivity (Wildman–Crippen MR) is 141 cm³/mol. The van der Waals surface area contributed by atoms with Crippen LogP contribution in [0.2, 0.25) is 0 Å². The summed E-state index contributed by atoms with van der Waals surface area (Å²) in [5, 5.41) is 15.0. The molecule has 0 spiro atoms. The van der Waals surface area contributed by atoms with Gasteiger partial charge in [-0.2, -0.15) is 5.06 Å². The summed E-state index contributed by atoms with van der Waals surface area (Å²) in [7, 11) is 6.30. The van der Waals surface area contributed by atoms with Gasteiger partial charge in [0, 0.05) is 17.0 Å². The lowest BCUT2D eigenvalue weighted by Gasteiger charge is -2.51. The third kappa shape index (κ3) is 5.77. The van der Waals surface area contributed by atoms with Gasteiger partial charge < -0.3 is 29.5 Å². The number of anilines is 1. The first-order valence-electron chi connectivity index (χ1n) is 11.9. The molecule has 1 aliphatic heterocycles. The average molecular weight is 499 g/mol. The first-order chi connectivity index (χ1) is 16.9. The van der Waals surface area contributed by atoms with E-state index in [-0.39, 0.29) is 11.8 Å². The molecule has 8 nitrogen and oxygen atoms in total. The number of hydrogen-bond donors (Lipinski definition) is 2. The molecule has 8 heteroatoms. The van der Waals surface area contributed by atoms with Crippen LogP contribution in [0.3, 0.4) is 0 Å². The Labute approximate surface area is 213 Å². The van der Waals surface area contributed by atoms with Crippen LogP contribution in [-0.2, 0) is 4.79 Å². The van der Waals surface area contributed by atoms with Gasteiger partial charge in [0.2, 0.25) is 11.7 Å². The molecule has 2 aromatic carbocycles. The molecule has 0 aromatic heterocycles. The van der Waals surface area contributed by atoms with Gasteiger partial charge >= 0.3 is 0 Å². The second kappa shape index (κ2) is 10.8. The molecule has 0 radical (unpaired) electrons. The van der Waals surface area contributed by atoms with E-state index in [1.807, 2.05) is 70.2 Å². The van der Waals surface area contributed by atoms with E-state index in [9.17, 15) is 10.0 Å². The molecule has 196 valence electrons. The van der Waals surface area contributed by atoms with Crippen LogP contribution in [0, 0.1) is 5.92 Å². The summed E-state index contributed by atoms with van der Waals surface area (Å²) < 4.78 is 21.8. The largest absolute Gasteiger partial charge is 0.495 e. The average Bonchev–Trinajstić information content (AvgIpc) is 2.84. The van der Waals surface area contributed by atoms with Gasteiger partial charge in [-0.3, -0.25) is 4.79 Å². The highest BCUT2D eigenvalue weighted by Gasteiger charge is 2.47. The van der Waals surface area contributed by atoms with Gasteiger partial charge in [0.15, 0.2) is 11.5 Å². The molecule has 0 aliphatic carbocycles. The molecule has 1 heterocycles. The van der Waals surface area contributed by atoms with Gasteiger partial charge in [-0.05, 0) is 75.9 Å². The topological polar surface area (TPSA) is 89.5 Å². The zero-order valence-corrected chi connectivity index (χ0v) is 22.5. The number of rotatable bonds is 8. The summed E-state index contributed by atoms with van der Waals surface area (Å²) in [5.74, 6) is 1.91. The van der Waals surface area contributed by atoms with Crippen LogP contribution >= 0.6 is 0 Å². The Hall–Kier alpha value is -3.23. The monoisotopic (exact) mass is 498 g/mol. The molecule has 0 bridgehead atoms. The van der Waals surface area contributed by atoms with Crippen molar-refractivity contribution >= 4 is 23.7 Å². The van der Waals surface area contributed by atoms with Crippen molar-refractivity contribution in [3.05, 3.63) is 41.5 Å². The number of carbonyl (C=O) groups is 1. The molecule has 3 rings (SSSR count). The van der Waals surface area contributed by atoms with E-state index in [4.69, 9.17) is 18.9 Å². The maximum absolute atomic E-state index is 13.3. The maximum atomic E-state index is 13.3. The number of hydroxylamine groups is 2. The van der Waals surface area contributed by atoms with Crippen LogP contribution in [-0.4, -0.2) is 55.7 Å². The van der Waals surface area contributed by atoms with Crippen LogP contribution in [0.15, 0.2) is 30.3 Å². The Morgan fingerprint density at radius 1 is 0.861 bits per heavy atom. The Bertz CT molecular complexity index is 1080. The molecule has 2 N–H and O–H groups in total. The number of benzene rings is 2. The summed E-state index contributed by atoms with van der Waals surface area (Å²) in [6.45, 7) is 7.79. The number of nitrogens with zero attached hydrogens (tertiary/aromatic N) is 1. The van der Waals surface area contributed by atoms with Crippen molar-refractivity contribution in [1.82, 2.24) is 5.06 Å². The quantitative estimate of drug-likeness (QED) is 0.465. The Morgan fingerprint density at radius 2 is 1.39 bits per heavy atom. The van der Waals surface area contributed by atoms with Crippen molar-refractivity contribution in [3.8, 4) is 23.0 Å². The second-order valence-corrected chi connectivity index (χ2v) is 10.3. The standard InChI is InChI=1S/C28H38N2O6/c1-27(2)16-20(17-28(3,4)30(27)32)26(31)29-21-13-18(11-12-22(21)33-5)9-10-19-14-23(34-6)25(36-8)24(15-19)35-7/h9-15,20,32H,16-17H2,1-8H3,(H,29,31)/b10-9-. The highest BCUT2D eigenvalue weighted by molar-refractivity contribution is 5.94. The molecular formula is C28H38N2O6. The van der Waals surface area contributed by atoms with Gasteiger partial charge in [0.1, 0.15) is 5.75 Å². The Morgan fingerprint density at radius 3 is 1.89 bits per heavy atom.